The van der Waals surface area contributed by atoms with Gasteiger partial charge in [0.15, 0.2) is 0 Å². The van der Waals surface area contributed by atoms with Crippen molar-refractivity contribution >= 4 is 12.1 Å². The molecule has 1 unspecified atom stereocenters. The molecule has 0 aromatic carbocycles. The van der Waals surface area contributed by atoms with Gasteiger partial charge < -0.3 is 14.8 Å². The molecule has 0 saturated heterocycles. The Morgan fingerprint density at radius 2 is 2.06 bits per heavy atom. The first-order valence-electron chi connectivity index (χ1n) is 5.20. The monoisotopic (exact) mass is 241 g/mol. The van der Waals surface area contributed by atoms with Crippen LogP contribution in [0.5, 0.6) is 0 Å². The minimum absolute atomic E-state index is 0.0122. The molecule has 0 rings (SSSR count). The largest absolute Gasteiger partial charge is 0.469 e. The van der Waals surface area contributed by atoms with E-state index in [2.05, 4.69) is 22.4 Å². The summed E-state index contributed by atoms with van der Waals surface area (Å²) in [5.74, 6) is -0.433. The Hall–Kier alpha value is -1.74. The van der Waals surface area contributed by atoms with Crippen molar-refractivity contribution in [2.75, 3.05) is 7.11 Å². The van der Waals surface area contributed by atoms with E-state index in [9.17, 15) is 9.59 Å². The van der Waals surface area contributed by atoms with E-state index in [4.69, 9.17) is 4.74 Å². The number of amides is 1. The summed E-state index contributed by atoms with van der Waals surface area (Å²) in [6.45, 7) is 8.66. The predicted octanol–water partition coefficient (Wildman–Crippen LogP) is 1.78. The fraction of sp³-hybridized carbons (Fsp3) is 0.583. The lowest BCUT2D eigenvalue weighted by Crippen LogP contribution is -2.39. The molecule has 5 nitrogen and oxygen atoms in total. The number of methoxy groups -OCH3 is 1. The van der Waals surface area contributed by atoms with Gasteiger partial charge in [0.05, 0.1) is 19.6 Å². The van der Waals surface area contributed by atoms with Crippen molar-refractivity contribution in [3.05, 3.63) is 18.4 Å². The lowest BCUT2D eigenvalue weighted by Gasteiger charge is -2.21. The second-order valence-electron chi connectivity index (χ2n) is 4.40. The Labute approximate surface area is 101 Å². The number of hydrogen-bond acceptors (Lipinski definition) is 4. The number of alkyl carbamates (subject to hydrolysis) is 1. The van der Waals surface area contributed by atoms with Crippen LogP contribution in [0, 0.1) is 0 Å². The lowest BCUT2D eigenvalue weighted by atomic mass is 10.2. The molecule has 17 heavy (non-hydrogen) atoms. The van der Waals surface area contributed by atoms with E-state index in [1.807, 2.05) is 0 Å². The summed E-state index contributed by atoms with van der Waals surface area (Å²) in [5.41, 5.74) is 1.93. The van der Waals surface area contributed by atoms with Gasteiger partial charge >= 0.3 is 12.1 Å². The molecule has 0 aliphatic carbocycles. The van der Waals surface area contributed by atoms with E-state index in [-0.39, 0.29) is 6.42 Å². The third-order valence-electron chi connectivity index (χ3n) is 1.64. The van der Waals surface area contributed by atoms with Crippen molar-refractivity contribution in [2.24, 2.45) is 0 Å². The van der Waals surface area contributed by atoms with Crippen LogP contribution < -0.4 is 5.32 Å². The van der Waals surface area contributed by atoms with Gasteiger partial charge in [0.1, 0.15) is 5.60 Å². The Morgan fingerprint density at radius 3 is 2.47 bits per heavy atom. The second kappa shape index (κ2) is 6.76. The van der Waals surface area contributed by atoms with Crippen LogP contribution in [0.1, 0.15) is 27.2 Å². The SMILES string of the molecule is C=C=CC(CC(=O)OC)NC(=O)OC(C)(C)C. The molecule has 0 spiro atoms. The quantitative estimate of drug-likeness (QED) is 0.602. The van der Waals surface area contributed by atoms with Crippen LogP contribution in [0.4, 0.5) is 4.79 Å². The van der Waals surface area contributed by atoms with Gasteiger partial charge in [0.25, 0.3) is 0 Å². The van der Waals surface area contributed by atoms with E-state index in [0.717, 1.165) is 0 Å². The Morgan fingerprint density at radius 1 is 1.47 bits per heavy atom. The highest BCUT2D eigenvalue weighted by atomic mass is 16.6. The zero-order valence-electron chi connectivity index (χ0n) is 10.7. The molecular weight excluding hydrogens is 222 g/mol. The normalized spacial score (nSPS) is 12.0. The number of ether oxygens (including phenoxy) is 2. The molecule has 0 aromatic heterocycles. The number of nitrogens with one attached hydrogen (secondary N) is 1. The zero-order valence-corrected chi connectivity index (χ0v) is 10.7. The third-order valence-corrected chi connectivity index (χ3v) is 1.64. The third kappa shape index (κ3) is 8.11. The van der Waals surface area contributed by atoms with Crippen LogP contribution in [0.15, 0.2) is 18.4 Å². The minimum Gasteiger partial charge on any atom is -0.469 e. The highest BCUT2D eigenvalue weighted by Gasteiger charge is 2.20. The summed E-state index contributed by atoms with van der Waals surface area (Å²) in [5, 5.41) is 2.52. The van der Waals surface area contributed by atoms with Gasteiger partial charge in [0.2, 0.25) is 0 Å². The summed E-state index contributed by atoms with van der Waals surface area (Å²) in [6, 6.07) is -0.533. The molecule has 0 heterocycles. The summed E-state index contributed by atoms with van der Waals surface area (Å²) in [6.07, 6.45) is 0.886. The van der Waals surface area contributed by atoms with Crippen molar-refractivity contribution in [3.63, 3.8) is 0 Å². The van der Waals surface area contributed by atoms with Crippen LogP contribution >= 0.6 is 0 Å². The first-order chi connectivity index (χ1) is 7.78. The van der Waals surface area contributed by atoms with Crippen molar-refractivity contribution in [1.29, 1.82) is 0 Å². The van der Waals surface area contributed by atoms with Gasteiger partial charge in [-0.25, -0.2) is 4.79 Å². The maximum absolute atomic E-state index is 11.5. The maximum Gasteiger partial charge on any atom is 0.408 e. The van der Waals surface area contributed by atoms with Crippen molar-refractivity contribution < 1.29 is 19.1 Å². The van der Waals surface area contributed by atoms with Crippen LogP contribution in [-0.2, 0) is 14.3 Å². The van der Waals surface area contributed by atoms with Crippen LogP contribution in [0.2, 0.25) is 0 Å². The minimum atomic E-state index is -0.599. The molecule has 5 heteroatoms. The van der Waals surface area contributed by atoms with Crippen molar-refractivity contribution in [3.8, 4) is 0 Å². The number of carbonyl (C=O) groups excluding carboxylic acids is 2. The summed E-state index contributed by atoms with van der Waals surface area (Å²) >= 11 is 0. The molecule has 96 valence electrons. The molecule has 0 bridgehead atoms. The summed E-state index contributed by atoms with van der Waals surface area (Å²) in [4.78, 5) is 22.5. The molecule has 0 fully saturated rings. The summed E-state index contributed by atoms with van der Waals surface area (Å²) < 4.78 is 9.57. The van der Waals surface area contributed by atoms with Crippen molar-refractivity contribution in [1.82, 2.24) is 5.32 Å². The van der Waals surface area contributed by atoms with Crippen LogP contribution in [0.25, 0.3) is 0 Å². The first kappa shape index (κ1) is 15.3. The first-order valence-corrected chi connectivity index (χ1v) is 5.20. The van der Waals surface area contributed by atoms with Gasteiger partial charge in [-0.1, -0.05) is 6.58 Å². The molecule has 0 radical (unpaired) electrons. The number of rotatable bonds is 4. The van der Waals surface area contributed by atoms with E-state index < -0.39 is 23.7 Å². The second-order valence-corrected chi connectivity index (χ2v) is 4.40. The van der Waals surface area contributed by atoms with E-state index in [1.54, 1.807) is 20.8 Å². The molecule has 1 amide bonds. The van der Waals surface area contributed by atoms with E-state index in [1.165, 1.54) is 13.2 Å². The van der Waals surface area contributed by atoms with Gasteiger partial charge in [-0.15, -0.1) is 5.73 Å². The Kier molecular flexibility index (Phi) is 6.07. The number of hydrogen-bond donors (Lipinski definition) is 1. The van der Waals surface area contributed by atoms with Crippen molar-refractivity contribution in [2.45, 2.75) is 38.8 Å². The predicted molar refractivity (Wildman–Crippen MR) is 63.5 cm³/mol. The lowest BCUT2D eigenvalue weighted by molar-refractivity contribution is -0.140. The highest BCUT2D eigenvalue weighted by molar-refractivity contribution is 5.73. The maximum atomic E-state index is 11.5. The Balaban J connectivity index is 4.40. The van der Waals surface area contributed by atoms with Gasteiger partial charge in [-0.2, -0.15) is 0 Å². The van der Waals surface area contributed by atoms with Crippen LogP contribution in [0.3, 0.4) is 0 Å². The van der Waals surface area contributed by atoms with Gasteiger partial charge in [0, 0.05) is 0 Å². The van der Waals surface area contributed by atoms with E-state index in [0.29, 0.717) is 0 Å². The topological polar surface area (TPSA) is 64.6 Å². The molecule has 0 aliphatic rings. The van der Waals surface area contributed by atoms with Gasteiger partial charge in [-0.3, -0.25) is 4.79 Å². The summed E-state index contributed by atoms with van der Waals surface area (Å²) in [7, 11) is 1.28. The smallest absolute Gasteiger partial charge is 0.408 e. The molecule has 0 aromatic rings. The molecule has 0 saturated carbocycles. The molecule has 1 atom stereocenters. The van der Waals surface area contributed by atoms with Crippen LogP contribution in [-0.4, -0.2) is 30.8 Å². The fourth-order valence-electron chi connectivity index (χ4n) is 1.02. The fourth-order valence-corrected chi connectivity index (χ4v) is 1.02. The molecular formula is C12H19NO4. The zero-order chi connectivity index (χ0) is 13.5. The standard InChI is InChI=1S/C12H19NO4/c1-6-7-9(8-10(14)16-5)13-11(15)17-12(2,3)4/h7,9H,1,8H2,2-5H3,(H,13,15). The number of esters is 1. The number of carbonyl (C=O) groups is 2. The highest BCUT2D eigenvalue weighted by Crippen LogP contribution is 2.07. The Bertz CT molecular complexity index is 324. The molecule has 0 aliphatic heterocycles. The van der Waals surface area contributed by atoms with E-state index >= 15 is 0 Å². The van der Waals surface area contributed by atoms with Gasteiger partial charge in [-0.05, 0) is 26.8 Å². The molecule has 1 N–H and O–H groups in total. The average molecular weight is 241 g/mol. The average Bonchev–Trinajstić information content (AvgIpc) is 2.14.